The quantitative estimate of drug-likeness (QED) is 0.0891. The second kappa shape index (κ2) is 9.75. The van der Waals surface area contributed by atoms with Crippen molar-refractivity contribution in [2.24, 2.45) is 0 Å². The molecule has 0 aliphatic heterocycles. The standard InChI is InChI=1S/C19H11IN6O10S2/c20-11-1-3-12(4-2-11)23-21-19(15-7-6-14(37(31,32)33)10-18(15)38(34,35)36)22-24(23)16-8-5-13(25(27)28)9-17(16)26(29)30/h1-10H,(H-,31,32,33,34,35,36)/p-1. The largest absolute Gasteiger partial charge is 0.744 e. The van der Waals surface area contributed by atoms with E-state index in [0.717, 1.165) is 37.4 Å². The number of nitro benzene ring substituents is 2. The maximum atomic E-state index is 11.9. The van der Waals surface area contributed by atoms with Crippen LogP contribution in [0.5, 0.6) is 0 Å². The number of aromatic nitrogens is 4. The highest BCUT2D eigenvalue weighted by molar-refractivity contribution is 14.1. The molecule has 0 N–H and O–H groups in total. The van der Waals surface area contributed by atoms with Crippen molar-refractivity contribution in [1.82, 2.24) is 15.0 Å². The number of hydrogen-bond donors (Lipinski definition) is 0. The van der Waals surface area contributed by atoms with E-state index in [1.165, 1.54) is 12.1 Å². The number of nitrogens with zero attached hydrogens (tertiary/aromatic N) is 6. The van der Waals surface area contributed by atoms with E-state index in [1.54, 1.807) is 12.1 Å². The fraction of sp³-hybridized carbons (Fsp3) is 0. The normalized spacial score (nSPS) is 11.9. The second-order valence-electron chi connectivity index (χ2n) is 7.33. The second-order valence-corrected chi connectivity index (χ2v) is 11.3. The summed E-state index contributed by atoms with van der Waals surface area (Å²) in [6, 6.07) is 11.0. The van der Waals surface area contributed by atoms with Gasteiger partial charge in [0.25, 0.3) is 11.4 Å². The van der Waals surface area contributed by atoms with Crippen LogP contribution in [0.3, 0.4) is 0 Å². The van der Waals surface area contributed by atoms with Crippen molar-refractivity contribution in [1.29, 1.82) is 0 Å². The van der Waals surface area contributed by atoms with Crippen LogP contribution in [-0.2, 0) is 20.2 Å². The summed E-state index contributed by atoms with van der Waals surface area (Å²) in [4.78, 5) is 20.9. The first-order valence-corrected chi connectivity index (χ1v) is 13.7. The van der Waals surface area contributed by atoms with Crippen molar-refractivity contribution in [2.75, 3.05) is 0 Å². The molecule has 3 aromatic carbocycles. The number of benzene rings is 3. The van der Waals surface area contributed by atoms with Gasteiger partial charge in [0.1, 0.15) is 25.9 Å². The maximum Gasteiger partial charge on any atom is 0.341 e. The van der Waals surface area contributed by atoms with Gasteiger partial charge in [-0.05, 0) is 75.0 Å². The van der Waals surface area contributed by atoms with E-state index in [-0.39, 0.29) is 11.4 Å². The minimum absolute atomic E-state index is 0.252. The molecule has 0 fully saturated rings. The van der Waals surface area contributed by atoms with Crippen LogP contribution in [0.15, 0.2) is 70.5 Å². The van der Waals surface area contributed by atoms with Gasteiger partial charge >= 0.3 is 11.5 Å². The fourth-order valence-electron chi connectivity index (χ4n) is 3.28. The lowest BCUT2D eigenvalue weighted by molar-refractivity contribution is -0.736. The van der Waals surface area contributed by atoms with Crippen molar-refractivity contribution in [3.63, 3.8) is 0 Å². The molecule has 0 bridgehead atoms. The van der Waals surface area contributed by atoms with Gasteiger partial charge in [-0.25, -0.2) is 16.8 Å². The Morgan fingerprint density at radius 3 is 2.05 bits per heavy atom. The lowest BCUT2D eigenvalue weighted by atomic mass is 10.2. The molecule has 0 saturated carbocycles. The first kappa shape index (κ1) is 27.1. The van der Waals surface area contributed by atoms with E-state index < -0.39 is 62.6 Å². The van der Waals surface area contributed by atoms with E-state index in [9.17, 15) is 46.2 Å². The molecular weight excluding hydrogens is 663 g/mol. The SMILES string of the molecule is O=[N+]([O-])c1ccc(-[n+]2nc(-c3ccc(S(=O)(=O)[O-])cc3S(=O)(=O)[O-])nn2-c2ccc(I)cc2)c([N+](=O)[O-])c1. The van der Waals surface area contributed by atoms with Gasteiger partial charge < -0.3 is 9.11 Å². The third kappa shape index (κ3) is 5.35. The van der Waals surface area contributed by atoms with Crippen LogP contribution in [-0.4, -0.2) is 50.8 Å². The number of nitro groups is 2. The summed E-state index contributed by atoms with van der Waals surface area (Å²) in [5.74, 6) is -0.500. The summed E-state index contributed by atoms with van der Waals surface area (Å²) in [5.41, 5.74) is -1.91. The highest BCUT2D eigenvalue weighted by atomic mass is 127. The van der Waals surface area contributed by atoms with Gasteiger partial charge in [-0.15, -0.1) is 0 Å². The third-order valence-corrected chi connectivity index (χ3v) is 7.38. The monoisotopic (exact) mass is 673 g/mol. The van der Waals surface area contributed by atoms with Crippen LogP contribution in [0.4, 0.5) is 11.4 Å². The maximum absolute atomic E-state index is 11.9. The zero-order valence-corrected chi connectivity index (χ0v) is 22.0. The first-order valence-electron chi connectivity index (χ1n) is 9.82. The van der Waals surface area contributed by atoms with Gasteiger partial charge in [-0.1, -0.05) is 0 Å². The van der Waals surface area contributed by atoms with Gasteiger partial charge in [-0.3, -0.25) is 20.2 Å². The first-order chi connectivity index (χ1) is 17.7. The third-order valence-electron chi connectivity index (χ3n) is 4.95. The van der Waals surface area contributed by atoms with E-state index >= 15 is 0 Å². The fourth-order valence-corrected chi connectivity index (χ4v) is 4.91. The summed E-state index contributed by atoms with van der Waals surface area (Å²) in [7, 11) is -10.5. The van der Waals surface area contributed by atoms with E-state index in [0.29, 0.717) is 12.1 Å². The van der Waals surface area contributed by atoms with Crippen LogP contribution in [0.25, 0.3) is 22.8 Å². The van der Waals surface area contributed by atoms with Crippen molar-refractivity contribution >= 4 is 54.2 Å². The van der Waals surface area contributed by atoms with Gasteiger partial charge in [0.05, 0.1) is 36.4 Å². The molecule has 16 nitrogen and oxygen atoms in total. The average molecular weight is 673 g/mol. The van der Waals surface area contributed by atoms with Crippen molar-refractivity contribution < 1.29 is 40.6 Å². The molecule has 4 aromatic rings. The molecule has 0 amide bonds. The Morgan fingerprint density at radius 1 is 0.842 bits per heavy atom. The van der Waals surface area contributed by atoms with Gasteiger partial charge in [0.2, 0.25) is 0 Å². The lowest BCUT2D eigenvalue weighted by Gasteiger charge is -2.13. The summed E-state index contributed by atoms with van der Waals surface area (Å²) in [5, 5.41) is 31.2. The summed E-state index contributed by atoms with van der Waals surface area (Å²) in [6.45, 7) is 0. The number of tetrazole rings is 1. The Morgan fingerprint density at radius 2 is 1.50 bits per heavy atom. The Hall–Kier alpha value is -3.92. The van der Waals surface area contributed by atoms with Crippen LogP contribution < -0.4 is 4.80 Å². The Balaban J connectivity index is 2.06. The molecule has 0 spiro atoms. The summed E-state index contributed by atoms with van der Waals surface area (Å²) >= 11 is 2.02. The lowest BCUT2D eigenvalue weighted by Crippen LogP contribution is -2.43. The van der Waals surface area contributed by atoms with Crippen LogP contribution in [0.1, 0.15) is 0 Å². The molecule has 38 heavy (non-hydrogen) atoms. The van der Waals surface area contributed by atoms with E-state index in [1.807, 2.05) is 22.6 Å². The topological polar surface area (TPSA) is 235 Å². The molecule has 0 unspecified atom stereocenters. The van der Waals surface area contributed by atoms with Crippen LogP contribution in [0.2, 0.25) is 0 Å². The Bertz CT molecular complexity index is 1840. The summed E-state index contributed by atoms with van der Waals surface area (Å²) < 4.78 is 70.8. The summed E-state index contributed by atoms with van der Waals surface area (Å²) in [6.07, 6.45) is 0. The van der Waals surface area contributed by atoms with Crippen LogP contribution >= 0.6 is 22.6 Å². The molecule has 0 atom stereocenters. The van der Waals surface area contributed by atoms with Gasteiger partial charge in [0.15, 0.2) is 0 Å². The Labute approximate surface area is 226 Å². The van der Waals surface area contributed by atoms with Crippen molar-refractivity contribution in [3.8, 4) is 22.8 Å². The zero-order valence-electron chi connectivity index (χ0n) is 18.2. The van der Waals surface area contributed by atoms with Crippen molar-refractivity contribution in [3.05, 3.63) is 84.5 Å². The van der Waals surface area contributed by atoms with Crippen LogP contribution in [0, 0.1) is 23.8 Å². The molecule has 0 saturated heterocycles. The molecule has 196 valence electrons. The molecule has 0 aliphatic carbocycles. The predicted molar refractivity (Wildman–Crippen MR) is 130 cm³/mol. The number of halogens is 1. The minimum Gasteiger partial charge on any atom is -0.744 e. The molecule has 19 heteroatoms. The molecule has 1 aromatic heterocycles. The molecule has 1 heterocycles. The van der Waals surface area contributed by atoms with E-state index in [4.69, 9.17) is 0 Å². The number of non-ortho nitro benzene ring substituents is 1. The molecule has 0 radical (unpaired) electrons. The number of hydrogen-bond acceptors (Lipinski definition) is 12. The van der Waals surface area contributed by atoms with Gasteiger partial charge in [-0.2, -0.15) is 0 Å². The zero-order chi connectivity index (χ0) is 28.0. The van der Waals surface area contributed by atoms with E-state index in [2.05, 4.69) is 10.2 Å². The molecule has 4 rings (SSSR count). The molecular formula is C19H10IN6O10S2-. The van der Waals surface area contributed by atoms with Crippen molar-refractivity contribution in [2.45, 2.75) is 9.79 Å². The Kier molecular flexibility index (Phi) is 6.96. The highest BCUT2D eigenvalue weighted by Gasteiger charge is 2.32. The molecule has 0 aliphatic rings. The number of rotatable bonds is 7. The minimum atomic E-state index is -5.38. The highest BCUT2D eigenvalue weighted by Crippen LogP contribution is 2.29. The predicted octanol–water partition coefficient (Wildman–Crippen LogP) is 1.44. The van der Waals surface area contributed by atoms with Gasteiger partial charge in [0, 0.05) is 20.5 Å². The average Bonchev–Trinajstić information content (AvgIpc) is 3.27. The smallest absolute Gasteiger partial charge is 0.341 e.